The largest absolute Gasteiger partial charge is 0.339 e. The van der Waals surface area contributed by atoms with Crippen LogP contribution in [0.2, 0.25) is 0 Å². The highest BCUT2D eigenvalue weighted by Crippen LogP contribution is 2.28. The van der Waals surface area contributed by atoms with Crippen molar-refractivity contribution in [3.63, 3.8) is 0 Å². The van der Waals surface area contributed by atoms with Gasteiger partial charge in [-0.3, -0.25) is 4.79 Å². The summed E-state index contributed by atoms with van der Waals surface area (Å²) in [5, 5.41) is 0.502. The lowest BCUT2D eigenvalue weighted by atomic mass is 10.2. The van der Waals surface area contributed by atoms with Gasteiger partial charge in [-0.2, -0.15) is 0 Å². The standard InChI is InChI=1S/C14H19NOS/c1-11(2)17-13-8-4-3-7-12(13)14(16)15-9-5-6-10-15/h3-4,7-8,11H,5-6,9-10H2,1-2H3. The van der Waals surface area contributed by atoms with Crippen LogP contribution in [-0.2, 0) is 0 Å². The number of benzene rings is 1. The summed E-state index contributed by atoms with van der Waals surface area (Å²) in [7, 11) is 0. The second kappa shape index (κ2) is 5.58. The van der Waals surface area contributed by atoms with Crippen molar-refractivity contribution in [1.82, 2.24) is 4.90 Å². The molecule has 0 spiro atoms. The Hall–Kier alpha value is -0.960. The van der Waals surface area contributed by atoms with E-state index in [-0.39, 0.29) is 5.91 Å². The number of thioether (sulfide) groups is 1. The van der Waals surface area contributed by atoms with Gasteiger partial charge < -0.3 is 4.90 Å². The van der Waals surface area contributed by atoms with Crippen LogP contribution in [0.15, 0.2) is 29.2 Å². The predicted octanol–water partition coefficient (Wildman–Crippen LogP) is 3.42. The zero-order valence-electron chi connectivity index (χ0n) is 10.5. The molecule has 0 aromatic heterocycles. The number of amides is 1. The monoisotopic (exact) mass is 249 g/mol. The minimum absolute atomic E-state index is 0.200. The third kappa shape index (κ3) is 3.03. The van der Waals surface area contributed by atoms with E-state index in [0.29, 0.717) is 5.25 Å². The number of hydrogen-bond donors (Lipinski definition) is 0. The van der Waals surface area contributed by atoms with Crippen molar-refractivity contribution in [3.8, 4) is 0 Å². The highest BCUT2D eigenvalue weighted by molar-refractivity contribution is 8.00. The second-order valence-electron chi connectivity index (χ2n) is 4.66. The zero-order chi connectivity index (χ0) is 12.3. The van der Waals surface area contributed by atoms with Crippen molar-refractivity contribution in [1.29, 1.82) is 0 Å². The molecule has 0 saturated carbocycles. The van der Waals surface area contributed by atoms with Gasteiger partial charge in [-0.05, 0) is 25.0 Å². The molecule has 2 rings (SSSR count). The van der Waals surface area contributed by atoms with E-state index in [1.165, 1.54) is 0 Å². The van der Waals surface area contributed by atoms with E-state index in [4.69, 9.17) is 0 Å². The van der Waals surface area contributed by atoms with Gasteiger partial charge in [0.2, 0.25) is 0 Å². The Morgan fingerprint density at radius 3 is 2.53 bits per heavy atom. The minimum Gasteiger partial charge on any atom is -0.339 e. The van der Waals surface area contributed by atoms with Gasteiger partial charge in [0, 0.05) is 23.2 Å². The summed E-state index contributed by atoms with van der Waals surface area (Å²) in [6.45, 7) is 6.14. The quantitative estimate of drug-likeness (QED) is 0.765. The van der Waals surface area contributed by atoms with E-state index >= 15 is 0 Å². The Balaban J connectivity index is 2.21. The van der Waals surface area contributed by atoms with Crippen molar-refractivity contribution < 1.29 is 4.79 Å². The molecule has 1 aliphatic rings. The molecule has 1 amide bonds. The average molecular weight is 249 g/mol. The first-order chi connectivity index (χ1) is 8.18. The fourth-order valence-corrected chi connectivity index (χ4v) is 3.04. The lowest BCUT2D eigenvalue weighted by molar-refractivity contribution is 0.0789. The average Bonchev–Trinajstić information content (AvgIpc) is 2.81. The Morgan fingerprint density at radius 2 is 1.88 bits per heavy atom. The number of rotatable bonds is 3. The predicted molar refractivity (Wildman–Crippen MR) is 72.6 cm³/mol. The summed E-state index contributed by atoms with van der Waals surface area (Å²) in [4.78, 5) is 15.4. The van der Waals surface area contributed by atoms with E-state index < -0.39 is 0 Å². The summed E-state index contributed by atoms with van der Waals surface area (Å²) in [5.74, 6) is 0.200. The molecular weight excluding hydrogens is 230 g/mol. The molecule has 0 aliphatic carbocycles. The van der Waals surface area contributed by atoms with Crippen LogP contribution in [0.4, 0.5) is 0 Å². The molecular formula is C14H19NOS. The van der Waals surface area contributed by atoms with Crippen LogP contribution in [0.3, 0.4) is 0 Å². The summed E-state index contributed by atoms with van der Waals surface area (Å²) in [6.07, 6.45) is 2.29. The molecule has 3 heteroatoms. The van der Waals surface area contributed by atoms with Crippen LogP contribution in [0.1, 0.15) is 37.0 Å². The minimum atomic E-state index is 0.200. The Kier molecular flexibility index (Phi) is 4.11. The van der Waals surface area contributed by atoms with Crippen molar-refractivity contribution in [3.05, 3.63) is 29.8 Å². The van der Waals surface area contributed by atoms with Crippen molar-refractivity contribution in [2.24, 2.45) is 0 Å². The van der Waals surface area contributed by atoms with Crippen LogP contribution in [0.5, 0.6) is 0 Å². The normalized spacial score (nSPS) is 15.6. The molecule has 0 atom stereocenters. The number of carbonyl (C=O) groups excluding carboxylic acids is 1. The first-order valence-electron chi connectivity index (χ1n) is 6.23. The summed E-state index contributed by atoms with van der Waals surface area (Å²) in [6, 6.07) is 7.96. The SMILES string of the molecule is CC(C)Sc1ccccc1C(=O)N1CCCC1. The Labute approximate surface area is 107 Å². The maximum absolute atomic E-state index is 12.4. The lowest BCUT2D eigenvalue weighted by Gasteiger charge is -2.18. The molecule has 1 aliphatic heterocycles. The first-order valence-corrected chi connectivity index (χ1v) is 7.11. The van der Waals surface area contributed by atoms with Crippen LogP contribution in [0, 0.1) is 0 Å². The van der Waals surface area contributed by atoms with E-state index in [2.05, 4.69) is 13.8 Å². The van der Waals surface area contributed by atoms with Crippen LogP contribution in [-0.4, -0.2) is 29.1 Å². The van der Waals surface area contributed by atoms with E-state index in [9.17, 15) is 4.79 Å². The van der Waals surface area contributed by atoms with Gasteiger partial charge in [0.25, 0.3) is 5.91 Å². The molecule has 2 nitrogen and oxygen atoms in total. The fraction of sp³-hybridized carbons (Fsp3) is 0.500. The summed E-state index contributed by atoms with van der Waals surface area (Å²) >= 11 is 1.76. The molecule has 0 N–H and O–H groups in total. The molecule has 92 valence electrons. The first kappa shape index (κ1) is 12.5. The van der Waals surface area contributed by atoms with Gasteiger partial charge in [0.15, 0.2) is 0 Å². The smallest absolute Gasteiger partial charge is 0.254 e. The van der Waals surface area contributed by atoms with E-state index in [1.807, 2.05) is 29.2 Å². The van der Waals surface area contributed by atoms with E-state index in [0.717, 1.165) is 36.4 Å². The van der Waals surface area contributed by atoms with Gasteiger partial charge in [-0.25, -0.2) is 0 Å². The Bertz CT molecular complexity index is 397. The van der Waals surface area contributed by atoms with Gasteiger partial charge in [0.1, 0.15) is 0 Å². The molecule has 1 aromatic rings. The third-order valence-corrected chi connectivity index (χ3v) is 3.95. The van der Waals surface area contributed by atoms with Gasteiger partial charge in [-0.1, -0.05) is 26.0 Å². The van der Waals surface area contributed by atoms with Crippen molar-refractivity contribution >= 4 is 17.7 Å². The van der Waals surface area contributed by atoms with E-state index in [1.54, 1.807) is 11.8 Å². The van der Waals surface area contributed by atoms with Crippen LogP contribution in [0.25, 0.3) is 0 Å². The molecule has 1 fully saturated rings. The number of carbonyl (C=O) groups is 1. The van der Waals surface area contributed by atoms with Crippen molar-refractivity contribution in [2.45, 2.75) is 36.8 Å². The van der Waals surface area contributed by atoms with Gasteiger partial charge in [0.05, 0.1) is 5.56 Å². The highest BCUT2D eigenvalue weighted by atomic mass is 32.2. The molecule has 0 bridgehead atoms. The van der Waals surface area contributed by atoms with Gasteiger partial charge >= 0.3 is 0 Å². The Morgan fingerprint density at radius 1 is 1.24 bits per heavy atom. The molecule has 17 heavy (non-hydrogen) atoms. The van der Waals surface area contributed by atoms with Crippen LogP contribution < -0.4 is 0 Å². The summed E-state index contributed by atoms with van der Waals surface area (Å²) < 4.78 is 0. The number of hydrogen-bond acceptors (Lipinski definition) is 2. The molecule has 0 radical (unpaired) electrons. The fourth-order valence-electron chi connectivity index (χ4n) is 2.09. The van der Waals surface area contributed by atoms with Gasteiger partial charge in [-0.15, -0.1) is 11.8 Å². The number of nitrogens with zero attached hydrogens (tertiary/aromatic N) is 1. The number of likely N-dealkylation sites (tertiary alicyclic amines) is 1. The maximum Gasteiger partial charge on any atom is 0.254 e. The topological polar surface area (TPSA) is 20.3 Å². The maximum atomic E-state index is 12.4. The zero-order valence-corrected chi connectivity index (χ0v) is 11.3. The highest BCUT2D eigenvalue weighted by Gasteiger charge is 2.21. The third-order valence-electron chi connectivity index (χ3n) is 2.87. The lowest BCUT2D eigenvalue weighted by Crippen LogP contribution is -2.28. The van der Waals surface area contributed by atoms with Crippen molar-refractivity contribution in [2.75, 3.05) is 13.1 Å². The molecule has 1 heterocycles. The molecule has 1 aromatic carbocycles. The van der Waals surface area contributed by atoms with Crippen LogP contribution >= 0.6 is 11.8 Å². The molecule has 1 saturated heterocycles. The molecule has 0 unspecified atom stereocenters. The summed E-state index contributed by atoms with van der Waals surface area (Å²) in [5.41, 5.74) is 0.869. The second-order valence-corrected chi connectivity index (χ2v) is 6.28.